The van der Waals surface area contributed by atoms with Gasteiger partial charge in [-0.3, -0.25) is 0 Å². The lowest BCUT2D eigenvalue weighted by atomic mass is 9.99. The van der Waals surface area contributed by atoms with E-state index in [-0.39, 0.29) is 0 Å². The van der Waals surface area contributed by atoms with Crippen LogP contribution in [0.1, 0.15) is 18.4 Å². The molecule has 0 spiro atoms. The molecule has 1 aromatic carbocycles. The Bertz CT molecular complexity index is 408. The summed E-state index contributed by atoms with van der Waals surface area (Å²) in [6, 6.07) is 6.30. The minimum absolute atomic E-state index is 0.417. The third-order valence-electron chi connectivity index (χ3n) is 2.32. The fourth-order valence-electron chi connectivity index (χ4n) is 1.47. The molecule has 13 heavy (non-hydrogen) atoms. The van der Waals surface area contributed by atoms with Crippen molar-refractivity contribution in [2.24, 2.45) is 5.73 Å². The molecule has 0 bridgehead atoms. The van der Waals surface area contributed by atoms with Gasteiger partial charge in [0.15, 0.2) is 0 Å². The molecule has 0 amide bonds. The monoisotopic (exact) mass is 192 g/mol. The van der Waals surface area contributed by atoms with E-state index in [4.69, 9.17) is 5.73 Å². The molecule has 1 aromatic heterocycles. The quantitative estimate of drug-likeness (QED) is 0.793. The van der Waals surface area contributed by atoms with Crippen LogP contribution < -0.4 is 5.73 Å². The number of nitrogens with zero attached hydrogens (tertiary/aromatic N) is 1. The second-order valence-corrected chi connectivity index (χ2v) is 4.05. The molecule has 0 saturated heterocycles. The van der Waals surface area contributed by atoms with Gasteiger partial charge < -0.3 is 5.73 Å². The second-order valence-electron chi connectivity index (χ2n) is 3.22. The van der Waals surface area contributed by atoms with Gasteiger partial charge in [0.1, 0.15) is 0 Å². The highest BCUT2D eigenvalue weighted by Gasteiger charge is 2.08. The van der Waals surface area contributed by atoms with Gasteiger partial charge in [-0.1, -0.05) is 19.1 Å². The fourth-order valence-corrected chi connectivity index (χ4v) is 2.15. The van der Waals surface area contributed by atoms with Crippen LogP contribution in [0.15, 0.2) is 24.4 Å². The molecule has 0 aliphatic heterocycles. The van der Waals surface area contributed by atoms with Crippen LogP contribution >= 0.6 is 11.5 Å². The first-order valence-corrected chi connectivity index (χ1v) is 5.13. The summed E-state index contributed by atoms with van der Waals surface area (Å²) in [5.41, 5.74) is 6.96. The molecule has 1 unspecified atom stereocenters. The van der Waals surface area contributed by atoms with Crippen LogP contribution in [-0.4, -0.2) is 10.9 Å². The zero-order valence-electron chi connectivity index (χ0n) is 7.53. The van der Waals surface area contributed by atoms with Gasteiger partial charge in [0.25, 0.3) is 0 Å². The van der Waals surface area contributed by atoms with Crippen LogP contribution in [-0.2, 0) is 0 Å². The van der Waals surface area contributed by atoms with Crippen LogP contribution in [0.2, 0.25) is 0 Å². The standard InChI is InChI=1S/C10H12N2S/c1-7(5-11)8-3-2-4-10-9(8)6-12-13-10/h2-4,6-7H,5,11H2,1H3. The third kappa shape index (κ3) is 1.45. The summed E-state index contributed by atoms with van der Waals surface area (Å²) < 4.78 is 5.43. The van der Waals surface area contributed by atoms with E-state index in [1.165, 1.54) is 27.2 Å². The summed E-state index contributed by atoms with van der Waals surface area (Å²) in [7, 11) is 0. The van der Waals surface area contributed by atoms with E-state index in [1.54, 1.807) is 0 Å². The molecule has 0 fully saturated rings. The number of aromatic nitrogens is 1. The summed E-state index contributed by atoms with van der Waals surface area (Å²) in [4.78, 5) is 0. The van der Waals surface area contributed by atoms with Gasteiger partial charge in [-0.05, 0) is 35.6 Å². The maximum Gasteiger partial charge on any atom is 0.0552 e. The number of fused-ring (bicyclic) bond motifs is 1. The summed E-state index contributed by atoms with van der Waals surface area (Å²) in [5.74, 6) is 0.417. The van der Waals surface area contributed by atoms with E-state index in [2.05, 4.69) is 29.5 Å². The minimum atomic E-state index is 0.417. The minimum Gasteiger partial charge on any atom is -0.330 e. The maximum atomic E-state index is 5.65. The number of hydrogen-bond acceptors (Lipinski definition) is 3. The van der Waals surface area contributed by atoms with Crippen LogP contribution in [0.3, 0.4) is 0 Å². The molecule has 0 saturated carbocycles. The number of nitrogens with two attached hydrogens (primary N) is 1. The van der Waals surface area contributed by atoms with Crippen molar-refractivity contribution in [1.82, 2.24) is 4.37 Å². The maximum absolute atomic E-state index is 5.65. The van der Waals surface area contributed by atoms with E-state index in [0.717, 1.165) is 0 Å². The molecule has 2 aromatic rings. The molecule has 0 aliphatic rings. The topological polar surface area (TPSA) is 38.9 Å². The zero-order chi connectivity index (χ0) is 9.26. The Labute approximate surface area is 81.5 Å². The first-order valence-electron chi connectivity index (χ1n) is 4.36. The molecule has 2 nitrogen and oxygen atoms in total. The predicted octanol–water partition coefficient (Wildman–Crippen LogP) is 2.36. The summed E-state index contributed by atoms with van der Waals surface area (Å²) in [5, 5.41) is 1.26. The van der Waals surface area contributed by atoms with E-state index < -0.39 is 0 Å². The number of benzene rings is 1. The van der Waals surface area contributed by atoms with Crippen molar-refractivity contribution in [2.75, 3.05) is 6.54 Å². The van der Waals surface area contributed by atoms with Crippen molar-refractivity contribution in [3.8, 4) is 0 Å². The van der Waals surface area contributed by atoms with Gasteiger partial charge in [-0.2, -0.15) is 4.37 Å². The highest BCUT2D eigenvalue weighted by Crippen LogP contribution is 2.26. The highest BCUT2D eigenvalue weighted by atomic mass is 32.1. The van der Waals surface area contributed by atoms with E-state index in [1.807, 2.05) is 6.20 Å². The Morgan fingerprint density at radius 3 is 3.15 bits per heavy atom. The lowest BCUT2D eigenvalue weighted by molar-refractivity contribution is 0.781. The van der Waals surface area contributed by atoms with Crippen LogP contribution in [0.5, 0.6) is 0 Å². The first-order chi connectivity index (χ1) is 6.33. The van der Waals surface area contributed by atoms with Crippen molar-refractivity contribution >= 4 is 21.6 Å². The van der Waals surface area contributed by atoms with E-state index in [0.29, 0.717) is 12.5 Å². The zero-order valence-corrected chi connectivity index (χ0v) is 8.34. The number of hydrogen-bond donors (Lipinski definition) is 1. The molecule has 1 heterocycles. The average molecular weight is 192 g/mol. The summed E-state index contributed by atoms with van der Waals surface area (Å²) in [6.07, 6.45) is 1.93. The van der Waals surface area contributed by atoms with Crippen molar-refractivity contribution in [1.29, 1.82) is 0 Å². The van der Waals surface area contributed by atoms with Crippen LogP contribution in [0.25, 0.3) is 10.1 Å². The molecule has 68 valence electrons. The third-order valence-corrected chi connectivity index (χ3v) is 3.08. The van der Waals surface area contributed by atoms with Gasteiger partial charge >= 0.3 is 0 Å². The van der Waals surface area contributed by atoms with Crippen molar-refractivity contribution < 1.29 is 0 Å². The molecule has 3 heteroatoms. The van der Waals surface area contributed by atoms with Gasteiger partial charge in [0.05, 0.1) is 4.70 Å². The molecule has 0 aliphatic carbocycles. The fraction of sp³-hybridized carbons (Fsp3) is 0.300. The van der Waals surface area contributed by atoms with Crippen molar-refractivity contribution in [2.45, 2.75) is 12.8 Å². The van der Waals surface area contributed by atoms with E-state index >= 15 is 0 Å². The Morgan fingerprint density at radius 2 is 2.38 bits per heavy atom. The van der Waals surface area contributed by atoms with E-state index in [9.17, 15) is 0 Å². The predicted molar refractivity (Wildman–Crippen MR) is 57.1 cm³/mol. The molecular formula is C10H12N2S. The van der Waals surface area contributed by atoms with Gasteiger partial charge in [-0.15, -0.1) is 0 Å². The molecule has 0 radical (unpaired) electrons. The molecule has 2 rings (SSSR count). The van der Waals surface area contributed by atoms with Crippen molar-refractivity contribution in [3.05, 3.63) is 30.0 Å². The molecular weight excluding hydrogens is 180 g/mol. The van der Waals surface area contributed by atoms with Gasteiger partial charge in [-0.25, -0.2) is 0 Å². The summed E-state index contributed by atoms with van der Waals surface area (Å²) >= 11 is 1.54. The summed E-state index contributed by atoms with van der Waals surface area (Å²) in [6.45, 7) is 2.83. The van der Waals surface area contributed by atoms with Gasteiger partial charge in [0.2, 0.25) is 0 Å². The highest BCUT2D eigenvalue weighted by molar-refractivity contribution is 7.13. The Hall–Kier alpha value is -0.930. The van der Waals surface area contributed by atoms with Crippen LogP contribution in [0.4, 0.5) is 0 Å². The SMILES string of the molecule is CC(CN)c1cccc2sncc12. The number of rotatable bonds is 2. The van der Waals surface area contributed by atoms with Crippen LogP contribution in [0, 0.1) is 0 Å². The second kappa shape index (κ2) is 3.44. The Kier molecular flexibility index (Phi) is 2.29. The normalized spacial score (nSPS) is 13.4. The van der Waals surface area contributed by atoms with Gasteiger partial charge in [0, 0.05) is 11.6 Å². The average Bonchev–Trinajstić information content (AvgIpc) is 2.63. The first kappa shape index (κ1) is 8.66. The molecule has 1 atom stereocenters. The lowest BCUT2D eigenvalue weighted by Gasteiger charge is -2.09. The lowest BCUT2D eigenvalue weighted by Crippen LogP contribution is -2.08. The Balaban J connectivity index is 2.60. The molecule has 2 N–H and O–H groups in total. The van der Waals surface area contributed by atoms with Crippen molar-refractivity contribution in [3.63, 3.8) is 0 Å². The smallest absolute Gasteiger partial charge is 0.0552 e. The Morgan fingerprint density at radius 1 is 1.54 bits per heavy atom. The largest absolute Gasteiger partial charge is 0.330 e.